The number of hydrogen-bond acceptors (Lipinski definition) is 3. The molecule has 0 aliphatic heterocycles. The van der Waals surface area contributed by atoms with Crippen LogP contribution in [-0.2, 0) is 0 Å². The molecule has 4 rings (SSSR count). The van der Waals surface area contributed by atoms with Gasteiger partial charge in [0.05, 0.1) is 18.3 Å². The van der Waals surface area contributed by atoms with Gasteiger partial charge in [0, 0.05) is 6.42 Å². The molecule has 0 radical (unpaired) electrons. The Hall–Kier alpha value is -0.900. The summed E-state index contributed by atoms with van der Waals surface area (Å²) in [5.74, 6) is 2.66. The highest BCUT2D eigenvalue weighted by atomic mass is 16.3. The van der Waals surface area contributed by atoms with Gasteiger partial charge in [0.1, 0.15) is 0 Å². The molecule has 2 unspecified atom stereocenters. The molecule has 0 heterocycles. The molecule has 0 spiro atoms. The van der Waals surface area contributed by atoms with E-state index in [2.05, 4.69) is 32.6 Å². The van der Waals surface area contributed by atoms with Gasteiger partial charge < -0.3 is 15.3 Å². The van der Waals surface area contributed by atoms with Gasteiger partial charge in [-0.1, -0.05) is 38.2 Å². The molecule has 7 atom stereocenters. The molecule has 4 saturated carbocycles. The molecule has 0 aromatic carbocycles. The van der Waals surface area contributed by atoms with Crippen LogP contribution in [0.25, 0.3) is 0 Å². The maximum absolute atomic E-state index is 10.3. The topological polar surface area (TPSA) is 60.7 Å². The minimum atomic E-state index is -0.613. The lowest BCUT2D eigenvalue weighted by molar-refractivity contribution is 0.0784. The molecule has 3 nitrogen and oxygen atoms in total. The third-order valence-corrected chi connectivity index (χ3v) is 9.07. The van der Waals surface area contributed by atoms with Crippen molar-refractivity contribution in [1.29, 1.82) is 0 Å². The molecule has 4 aliphatic rings. The van der Waals surface area contributed by atoms with Crippen molar-refractivity contribution in [2.75, 3.05) is 0 Å². The normalized spacial score (nSPS) is 41.8. The van der Waals surface area contributed by atoms with Crippen LogP contribution in [0.2, 0.25) is 0 Å². The van der Waals surface area contributed by atoms with E-state index in [1.165, 1.54) is 44.9 Å². The van der Waals surface area contributed by atoms with Gasteiger partial charge in [-0.2, -0.15) is 0 Å². The van der Waals surface area contributed by atoms with Crippen LogP contribution >= 0.6 is 0 Å². The summed E-state index contributed by atoms with van der Waals surface area (Å²) >= 11 is 0. The molecule has 0 aromatic rings. The summed E-state index contributed by atoms with van der Waals surface area (Å²) in [6, 6.07) is 0. The second-order valence-electron chi connectivity index (χ2n) is 11.1. The van der Waals surface area contributed by atoms with E-state index in [4.69, 9.17) is 0 Å². The first-order chi connectivity index (χ1) is 14.3. The van der Waals surface area contributed by atoms with Gasteiger partial charge in [0.2, 0.25) is 0 Å². The lowest BCUT2D eigenvalue weighted by Gasteiger charge is -2.44. The lowest BCUT2D eigenvalue weighted by atomic mass is 9.60. The SMILES string of the molecule is C=C1C(=CC=C2CCC[C@@]3(C)C2CC[C@@H]3[C@H](C)CCC(O)C2CC2)C[C@@H](O)C[C@@H]1O. The molecule has 0 aromatic heterocycles. The third-order valence-electron chi connectivity index (χ3n) is 9.07. The van der Waals surface area contributed by atoms with E-state index in [9.17, 15) is 15.3 Å². The summed E-state index contributed by atoms with van der Waals surface area (Å²) < 4.78 is 0. The first-order valence-corrected chi connectivity index (χ1v) is 12.4. The van der Waals surface area contributed by atoms with Gasteiger partial charge in [0.15, 0.2) is 0 Å². The first kappa shape index (κ1) is 22.3. The zero-order chi connectivity index (χ0) is 21.5. The van der Waals surface area contributed by atoms with Crippen molar-refractivity contribution in [3.63, 3.8) is 0 Å². The largest absolute Gasteiger partial charge is 0.393 e. The Morgan fingerprint density at radius 2 is 1.90 bits per heavy atom. The van der Waals surface area contributed by atoms with Crippen LogP contribution in [-0.4, -0.2) is 33.6 Å². The van der Waals surface area contributed by atoms with Crippen molar-refractivity contribution in [2.45, 2.75) is 103 Å². The lowest BCUT2D eigenvalue weighted by Crippen LogP contribution is -2.36. The fourth-order valence-electron chi connectivity index (χ4n) is 7.03. The predicted octanol–water partition coefficient (Wildman–Crippen LogP) is 5.31. The van der Waals surface area contributed by atoms with E-state index in [-0.39, 0.29) is 6.10 Å². The van der Waals surface area contributed by atoms with Crippen LogP contribution < -0.4 is 0 Å². The van der Waals surface area contributed by atoms with Crippen LogP contribution in [0, 0.1) is 29.1 Å². The fourth-order valence-corrected chi connectivity index (χ4v) is 7.03. The summed E-state index contributed by atoms with van der Waals surface area (Å²) in [6.07, 6.45) is 15.2. The average Bonchev–Trinajstić information content (AvgIpc) is 3.49. The highest BCUT2D eigenvalue weighted by Crippen LogP contribution is 2.60. The van der Waals surface area contributed by atoms with Gasteiger partial charge in [-0.05, 0) is 104 Å². The highest BCUT2D eigenvalue weighted by Gasteiger charge is 2.50. The quantitative estimate of drug-likeness (QED) is 0.552. The fraction of sp³-hybridized carbons (Fsp3) is 0.778. The summed E-state index contributed by atoms with van der Waals surface area (Å²) in [5.41, 5.74) is 3.72. The summed E-state index contributed by atoms with van der Waals surface area (Å²) in [4.78, 5) is 0. The van der Waals surface area contributed by atoms with Crippen LogP contribution in [0.1, 0.15) is 84.5 Å². The predicted molar refractivity (Wildman–Crippen MR) is 122 cm³/mol. The van der Waals surface area contributed by atoms with E-state index in [1.807, 2.05) is 0 Å². The van der Waals surface area contributed by atoms with Crippen molar-refractivity contribution in [1.82, 2.24) is 0 Å². The average molecular weight is 415 g/mol. The van der Waals surface area contributed by atoms with Crippen LogP contribution in [0.3, 0.4) is 0 Å². The number of fused-ring (bicyclic) bond motifs is 1. The molecule has 3 heteroatoms. The van der Waals surface area contributed by atoms with Gasteiger partial charge in [-0.3, -0.25) is 0 Å². The van der Waals surface area contributed by atoms with Gasteiger partial charge >= 0.3 is 0 Å². The Kier molecular flexibility index (Phi) is 6.63. The zero-order valence-corrected chi connectivity index (χ0v) is 19.0. The minimum Gasteiger partial charge on any atom is -0.393 e. The highest BCUT2D eigenvalue weighted by molar-refractivity contribution is 5.38. The van der Waals surface area contributed by atoms with Crippen LogP contribution in [0.4, 0.5) is 0 Å². The molecule has 168 valence electrons. The molecule has 0 saturated heterocycles. The van der Waals surface area contributed by atoms with Gasteiger partial charge in [0.25, 0.3) is 0 Å². The number of aliphatic hydroxyl groups is 3. The summed E-state index contributed by atoms with van der Waals surface area (Å²) in [7, 11) is 0. The van der Waals surface area contributed by atoms with Gasteiger partial charge in [-0.15, -0.1) is 0 Å². The maximum Gasteiger partial charge on any atom is 0.0811 e. The minimum absolute atomic E-state index is 0.0693. The Labute approximate surface area is 183 Å². The first-order valence-electron chi connectivity index (χ1n) is 12.4. The van der Waals surface area contributed by atoms with Crippen LogP contribution in [0.15, 0.2) is 35.5 Å². The molecule has 30 heavy (non-hydrogen) atoms. The molecule has 0 bridgehead atoms. The van der Waals surface area contributed by atoms with Crippen LogP contribution in [0.5, 0.6) is 0 Å². The molecular formula is C27H42O3. The summed E-state index contributed by atoms with van der Waals surface area (Å²) in [6.45, 7) is 9.01. The number of hydrogen-bond donors (Lipinski definition) is 3. The Morgan fingerprint density at radius 3 is 2.63 bits per heavy atom. The second kappa shape index (κ2) is 8.92. The van der Waals surface area contributed by atoms with Crippen molar-refractivity contribution in [3.8, 4) is 0 Å². The van der Waals surface area contributed by atoms with E-state index < -0.39 is 12.2 Å². The molecule has 4 aliphatic carbocycles. The zero-order valence-electron chi connectivity index (χ0n) is 19.0. The molecular weight excluding hydrogens is 372 g/mol. The monoisotopic (exact) mass is 414 g/mol. The van der Waals surface area contributed by atoms with E-state index in [0.29, 0.717) is 36.0 Å². The molecule has 4 fully saturated rings. The van der Waals surface area contributed by atoms with E-state index >= 15 is 0 Å². The second-order valence-corrected chi connectivity index (χ2v) is 11.1. The Bertz CT molecular complexity index is 703. The van der Waals surface area contributed by atoms with Crippen molar-refractivity contribution in [2.24, 2.45) is 29.1 Å². The Balaban J connectivity index is 1.44. The summed E-state index contributed by atoms with van der Waals surface area (Å²) in [5, 5.41) is 30.5. The maximum atomic E-state index is 10.3. The molecule has 0 amide bonds. The van der Waals surface area contributed by atoms with Crippen molar-refractivity contribution >= 4 is 0 Å². The Morgan fingerprint density at radius 1 is 1.13 bits per heavy atom. The number of rotatable bonds is 6. The smallest absolute Gasteiger partial charge is 0.0811 e. The standard InChI is InChI=1S/C27H42O3/c1-17(6-13-25(29)20-8-9-20)23-11-12-24-19(5-4-14-27(23,24)3)7-10-21-15-22(28)16-26(30)18(21)2/h7,10,17,20,22-26,28-30H,2,4-6,8-9,11-16H2,1,3H3/t17-,22-,23-,24?,25?,26+,27-/m1/s1. The van der Waals surface area contributed by atoms with Gasteiger partial charge in [-0.25, -0.2) is 0 Å². The van der Waals surface area contributed by atoms with E-state index in [0.717, 1.165) is 29.9 Å². The molecule has 3 N–H and O–H groups in total. The van der Waals surface area contributed by atoms with Crippen molar-refractivity contribution in [3.05, 3.63) is 35.5 Å². The third kappa shape index (κ3) is 4.49. The van der Waals surface area contributed by atoms with E-state index in [1.54, 1.807) is 5.57 Å². The number of aliphatic hydroxyl groups excluding tert-OH is 3. The number of allylic oxidation sites excluding steroid dienone is 3. The van der Waals surface area contributed by atoms with Crippen molar-refractivity contribution < 1.29 is 15.3 Å².